The largest absolute Gasteiger partial charge is 0.385 e. The van der Waals surface area contributed by atoms with Crippen molar-refractivity contribution >= 4 is 21.3 Å². The molecule has 6 nitrogen and oxygen atoms in total. The molecule has 16 heavy (non-hydrogen) atoms. The van der Waals surface area contributed by atoms with Crippen LogP contribution < -0.4 is 16.6 Å². The van der Waals surface area contributed by atoms with Gasteiger partial charge in [0.2, 0.25) is 0 Å². The van der Waals surface area contributed by atoms with Crippen LogP contribution >= 0.6 is 0 Å². The second-order valence-electron chi connectivity index (χ2n) is 3.48. The summed E-state index contributed by atoms with van der Waals surface area (Å²) in [6, 6.07) is 3.54. The highest BCUT2D eigenvalue weighted by molar-refractivity contribution is 7.90. The van der Waals surface area contributed by atoms with Gasteiger partial charge in [-0.05, 0) is 12.5 Å². The number of sulfone groups is 1. The fourth-order valence-electron chi connectivity index (χ4n) is 1.19. The van der Waals surface area contributed by atoms with Crippen LogP contribution in [-0.4, -0.2) is 32.0 Å². The van der Waals surface area contributed by atoms with E-state index in [1.165, 1.54) is 6.26 Å². The number of pyridine rings is 1. The molecule has 1 aromatic rings. The summed E-state index contributed by atoms with van der Waals surface area (Å²) in [6.45, 7) is 0.598. The Morgan fingerprint density at radius 2 is 2.25 bits per heavy atom. The zero-order valence-electron chi connectivity index (χ0n) is 9.10. The van der Waals surface area contributed by atoms with Crippen LogP contribution in [0.15, 0.2) is 18.3 Å². The van der Waals surface area contributed by atoms with Gasteiger partial charge in [-0.15, -0.1) is 0 Å². The summed E-state index contributed by atoms with van der Waals surface area (Å²) in [6.07, 6.45) is 3.43. The highest BCUT2D eigenvalue weighted by atomic mass is 32.2. The molecule has 0 amide bonds. The number of hydrogen-bond acceptors (Lipinski definition) is 6. The van der Waals surface area contributed by atoms with Gasteiger partial charge in [0.05, 0.1) is 5.75 Å². The molecule has 0 atom stereocenters. The zero-order chi connectivity index (χ0) is 12.0. The average molecular weight is 244 g/mol. The minimum absolute atomic E-state index is 0.188. The quantitative estimate of drug-likeness (QED) is 0.376. The first kappa shape index (κ1) is 12.7. The van der Waals surface area contributed by atoms with Crippen LogP contribution in [-0.2, 0) is 9.84 Å². The molecule has 90 valence electrons. The van der Waals surface area contributed by atoms with E-state index >= 15 is 0 Å². The number of hydrogen-bond donors (Lipinski definition) is 3. The molecule has 1 rings (SSSR count). The van der Waals surface area contributed by atoms with Gasteiger partial charge in [0.15, 0.2) is 0 Å². The van der Waals surface area contributed by atoms with Gasteiger partial charge < -0.3 is 10.7 Å². The molecule has 0 saturated carbocycles. The van der Waals surface area contributed by atoms with E-state index in [0.29, 0.717) is 18.8 Å². The number of anilines is 2. The lowest BCUT2D eigenvalue weighted by atomic mass is 10.3. The van der Waals surface area contributed by atoms with E-state index in [1.54, 1.807) is 18.3 Å². The third-order valence-electron chi connectivity index (χ3n) is 1.93. The van der Waals surface area contributed by atoms with Gasteiger partial charge in [-0.2, -0.15) is 0 Å². The van der Waals surface area contributed by atoms with E-state index in [2.05, 4.69) is 15.7 Å². The Morgan fingerprint density at radius 1 is 1.50 bits per heavy atom. The van der Waals surface area contributed by atoms with Gasteiger partial charge in [0.1, 0.15) is 15.7 Å². The van der Waals surface area contributed by atoms with Crippen molar-refractivity contribution in [3.05, 3.63) is 18.3 Å². The van der Waals surface area contributed by atoms with Gasteiger partial charge >= 0.3 is 0 Å². The topological polar surface area (TPSA) is 97.1 Å². The van der Waals surface area contributed by atoms with Crippen LogP contribution in [0.4, 0.5) is 11.5 Å². The van der Waals surface area contributed by atoms with Crippen LogP contribution in [0, 0.1) is 0 Å². The summed E-state index contributed by atoms with van der Waals surface area (Å²) >= 11 is 0. The Kier molecular flexibility index (Phi) is 4.51. The van der Waals surface area contributed by atoms with Crippen molar-refractivity contribution in [2.75, 3.05) is 29.3 Å². The molecule has 0 aliphatic carbocycles. The molecule has 0 aromatic carbocycles. The Balaban J connectivity index is 2.37. The molecule has 0 spiro atoms. The standard InChI is InChI=1S/C9H16N4O2S/c1-16(14,15)6-2-4-11-8-3-5-12-9(7-8)13-10/h3,5,7H,2,4,6,10H2,1H3,(H2,11,12,13). The molecule has 0 saturated heterocycles. The van der Waals surface area contributed by atoms with Crippen molar-refractivity contribution in [1.29, 1.82) is 0 Å². The molecule has 0 aliphatic heterocycles. The van der Waals surface area contributed by atoms with Crippen LogP contribution in [0.3, 0.4) is 0 Å². The lowest BCUT2D eigenvalue weighted by molar-refractivity contribution is 0.600. The predicted octanol–water partition coefficient (Wildman–Crippen LogP) is 0.214. The van der Waals surface area contributed by atoms with Crippen LogP contribution in [0.5, 0.6) is 0 Å². The molecular formula is C9H16N4O2S. The van der Waals surface area contributed by atoms with Crippen molar-refractivity contribution in [3.8, 4) is 0 Å². The van der Waals surface area contributed by atoms with E-state index in [1.807, 2.05) is 0 Å². The van der Waals surface area contributed by atoms with E-state index in [-0.39, 0.29) is 5.75 Å². The number of nitrogens with two attached hydrogens (primary N) is 1. The SMILES string of the molecule is CS(=O)(=O)CCCNc1ccnc(NN)c1. The number of nitrogens with zero attached hydrogens (tertiary/aromatic N) is 1. The number of nitrogens with one attached hydrogen (secondary N) is 2. The molecule has 0 fully saturated rings. The van der Waals surface area contributed by atoms with Crippen molar-refractivity contribution in [1.82, 2.24) is 4.98 Å². The smallest absolute Gasteiger partial charge is 0.147 e. The van der Waals surface area contributed by atoms with Crippen molar-refractivity contribution in [2.24, 2.45) is 5.84 Å². The molecule has 0 aliphatic rings. The highest BCUT2D eigenvalue weighted by Gasteiger charge is 2.01. The molecule has 7 heteroatoms. The second kappa shape index (κ2) is 5.66. The van der Waals surface area contributed by atoms with E-state index in [0.717, 1.165) is 5.69 Å². The number of rotatable bonds is 6. The highest BCUT2D eigenvalue weighted by Crippen LogP contribution is 2.10. The second-order valence-corrected chi connectivity index (χ2v) is 5.74. The van der Waals surface area contributed by atoms with Gasteiger partial charge in [-0.3, -0.25) is 0 Å². The Bertz CT molecular complexity index is 433. The van der Waals surface area contributed by atoms with E-state index in [9.17, 15) is 8.42 Å². The summed E-state index contributed by atoms with van der Waals surface area (Å²) in [4.78, 5) is 3.95. The first-order chi connectivity index (χ1) is 7.51. The lowest BCUT2D eigenvalue weighted by Gasteiger charge is -2.06. The molecule has 0 radical (unpaired) electrons. The summed E-state index contributed by atoms with van der Waals surface area (Å²) in [5.41, 5.74) is 3.29. The van der Waals surface area contributed by atoms with Crippen LogP contribution in [0.25, 0.3) is 0 Å². The number of nitrogen functional groups attached to an aromatic ring is 1. The maximum atomic E-state index is 10.9. The Labute approximate surface area is 95.1 Å². The third-order valence-corrected chi connectivity index (χ3v) is 2.96. The van der Waals surface area contributed by atoms with Crippen molar-refractivity contribution in [2.45, 2.75) is 6.42 Å². The summed E-state index contributed by atoms with van der Waals surface area (Å²) in [5.74, 6) is 5.96. The summed E-state index contributed by atoms with van der Waals surface area (Å²) in [5, 5.41) is 3.09. The molecule has 0 unspecified atom stereocenters. The molecular weight excluding hydrogens is 228 g/mol. The predicted molar refractivity (Wildman–Crippen MR) is 64.9 cm³/mol. The first-order valence-electron chi connectivity index (χ1n) is 4.85. The monoisotopic (exact) mass is 244 g/mol. The summed E-state index contributed by atoms with van der Waals surface area (Å²) in [7, 11) is -2.88. The molecule has 4 N–H and O–H groups in total. The minimum atomic E-state index is -2.88. The van der Waals surface area contributed by atoms with E-state index in [4.69, 9.17) is 5.84 Å². The van der Waals surface area contributed by atoms with E-state index < -0.39 is 9.84 Å². The average Bonchev–Trinajstić information content (AvgIpc) is 2.23. The molecule has 1 aromatic heterocycles. The number of hydrazine groups is 1. The van der Waals surface area contributed by atoms with Crippen molar-refractivity contribution in [3.63, 3.8) is 0 Å². The van der Waals surface area contributed by atoms with Gasteiger partial charge in [0, 0.05) is 30.8 Å². The molecule has 1 heterocycles. The normalized spacial score (nSPS) is 11.1. The van der Waals surface area contributed by atoms with Crippen LogP contribution in [0.2, 0.25) is 0 Å². The Morgan fingerprint density at radius 3 is 2.88 bits per heavy atom. The zero-order valence-corrected chi connectivity index (χ0v) is 9.92. The number of aromatic nitrogens is 1. The molecule has 0 bridgehead atoms. The van der Waals surface area contributed by atoms with Crippen LogP contribution in [0.1, 0.15) is 6.42 Å². The maximum absolute atomic E-state index is 10.9. The first-order valence-corrected chi connectivity index (χ1v) is 6.91. The van der Waals surface area contributed by atoms with Gasteiger partial charge in [-0.1, -0.05) is 0 Å². The minimum Gasteiger partial charge on any atom is -0.385 e. The Hall–Kier alpha value is -1.34. The lowest BCUT2D eigenvalue weighted by Crippen LogP contribution is -2.11. The van der Waals surface area contributed by atoms with Crippen molar-refractivity contribution < 1.29 is 8.42 Å². The maximum Gasteiger partial charge on any atom is 0.147 e. The van der Waals surface area contributed by atoms with Gasteiger partial charge in [-0.25, -0.2) is 19.2 Å². The summed E-state index contributed by atoms with van der Waals surface area (Å²) < 4.78 is 21.8. The van der Waals surface area contributed by atoms with Gasteiger partial charge in [0.25, 0.3) is 0 Å². The third kappa shape index (κ3) is 4.94. The fraction of sp³-hybridized carbons (Fsp3) is 0.444. The fourth-order valence-corrected chi connectivity index (χ4v) is 1.86.